The van der Waals surface area contributed by atoms with Gasteiger partial charge in [-0.15, -0.1) is 10.2 Å². The van der Waals surface area contributed by atoms with Gasteiger partial charge in [0.05, 0.1) is 30.7 Å². The topological polar surface area (TPSA) is 118 Å². The summed E-state index contributed by atoms with van der Waals surface area (Å²) < 4.78 is 7.98. The predicted octanol–water partition coefficient (Wildman–Crippen LogP) is 2.87. The van der Waals surface area contributed by atoms with E-state index < -0.39 is 0 Å². The molecule has 1 aliphatic rings. The summed E-state index contributed by atoms with van der Waals surface area (Å²) in [6, 6.07) is 3.98. The molecule has 1 saturated carbocycles. The fraction of sp³-hybridized carbons (Fsp3) is 0.400. The third kappa shape index (κ3) is 3.06. The van der Waals surface area contributed by atoms with Crippen LogP contribution in [0.1, 0.15) is 43.6 Å². The van der Waals surface area contributed by atoms with Crippen LogP contribution in [-0.2, 0) is 0 Å². The Morgan fingerprint density at radius 3 is 2.93 bits per heavy atom. The molecular formula is C20H20N8O. The molecule has 1 N–H and O–H groups in total. The van der Waals surface area contributed by atoms with Gasteiger partial charge in [-0.25, -0.2) is 15.0 Å². The van der Waals surface area contributed by atoms with Crippen molar-refractivity contribution in [1.29, 1.82) is 5.26 Å². The SMILES string of the molecule is CC[C@@H]1C[C@H](COc2cnc(C#N)cn2)C[C@@H]1c1nnc2cnc3[nH]ccc3n12. The Labute approximate surface area is 166 Å². The van der Waals surface area contributed by atoms with Gasteiger partial charge in [0.2, 0.25) is 5.88 Å². The molecule has 0 aromatic carbocycles. The Balaban J connectivity index is 1.37. The van der Waals surface area contributed by atoms with E-state index in [1.54, 1.807) is 6.20 Å². The molecule has 4 aromatic rings. The second kappa shape index (κ2) is 7.13. The molecule has 0 unspecified atom stereocenters. The molecule has 9 nitrogen and oxygen atoms in total. The van der Waals surface area contributed by atoms with Crippen molar-refractivity contribution in [3.8, 4) is 11.9 Å². The first-order chi connectivity index (χ1) is 14.3. The first kappa shape index (κ1) is 17.6. The normalized spacial score (nSPS) is 21.6. The van der Waals surface area contributed by atoms with Gasteiger partial charge in [-0.1, -0.05) is 13.3 Å². The fourth-order valence-corrected chi connectivity index (χ4v) is 4.43. The van der Waals surface area contributed by atoms with Crippen LogP contribution in [0.2, 0.25) is 0 Å². The third-order valence-corrected chi connectivity index (χ3v) is 5.83. The Morgan fingerprint density at radius 2 is 2.14 bits per heavy atom. The van der Waals surface area contributed by atoms with Gasteiger partial charge in [-0.2, -0.15) is 5.26 Å². The van der Waals surface area contributed by atoms with E-state index in [-0.39, 0.29) is 5.69 Å². The second-order valence-electron chi connectivity index (χ2n) is 7.50. The van der Waals surface area contributed by atoms with Crippen molar-refractivity contribution in [2.45, 2.75) is 32.1 Å². The van der Waals surface area contributed by atoms with Crippen LogP contribution in [-0.4, -0.2) is 41.1 Å². The van der Waals surface area contributed by atoms with Crippen molar-refractivity contribution in [2.75, 3.05) is 6.61 Å². The Kier molecular flexibility index (Phi) is 4.31. The number of nitrogens with zero attached hydrogens (tertiary/aromatic N) is 7. The van der Waals surface area contributed by atoms with Gasteiger partial charge in [0.1, 0.15) is 11.9 Å². The van der Waals surface area contributed by atoms with Crippen LogP contribution in [0.25, 0.3) is 16.8 Å². The summed E-state index contributed by atoms with van der Waals surface area (Å²) in [6.07, 6.45) is 9.72. The second-order valence-corrected chi connectivity index (χ2v) is 7.50. The van der Waals surface area contributed by atoms with Crippen LogP contribution < -0.4 is 4.74 Å². The summed E-state index contributed by atoms with van der Waals surface area (Å²) in [7, 11) is 0. The number of aromatic nitrogens is 7. The summed E-state index contributed by atoms with van der Waals surface area (Å²) in [4.78, 5) is 15.7. The third-order valence-electron chi connectivity index (χ3n) is 5.83. The molecule has 4 heterocycles. The maximum Gasteiger partial charge on any atom is 0.232 e. The molecule has 3 atom stereocenters. The summed E-state index contributed by atoms with van der Waals surface area (Å²) >= 11 is 0. The number of rotatable bonds is 5. The highest BCUT2D eigenvalue weighted by molar-refractivity contribution is 5.74. The smallest absolute Gasteiger partial charge is 0.232 e. The lowest BCUT2D eigenvalue weighted by Crippen LogP contribution is -2.10. The average molecular weight is 388 g/mol. The van der Waals surface area contributed by atoms with E-state index >= 15 is 0 Å². The van der Waals surface area contributed by atoms with E-state index in [0.717, 1.165) is 41.9 Å². The minimum atomic E-state index is 0.286. The largest absolute Gasteiger partial charge is 0.476 e. The molecule has 29 heavy (non-hydrogen) atoms. The number of ether oxygens (including phenoxy) is 1. The zero-order valence-corrected chi connectivity index (χ0v) is 16.0. The summed E-state index contributed by atoms with van der Waals surface area (Å²) in [6.45, 7) is 2.80. The first-order valence-corrected chi connectivity index (χ1v) is 9.79. The zero-order valence-electron chi connectivity index (χ0n) is 16.0. The molecule has 0 spiro atoms. The monoisotopic (exact) mass is 388 g/mol. The van der Waals surface area contributed by atoms with Gasteiger partial charge >= 0.3 is 0 Å². The summed E-state index contributed by atoms with van der Waals surface area (Å²) in [5, 5.41) is 17.7. The molecule has 0 bridgehead atoms. The molecule has 4 aromatic heterocycles. The maximum atomic E-state index is 8.82. The maximum absolute atomic E-state index is 8.82. The highest BCUT2D eigenvalue weighted by atomic mass is 16.5. The zero-order chi connectivity index (χ0) is 19.8. The average Bonchev–Trinajstić information content (AvgIpc) is 3.48. The van der Waals surface area contributed by atoms with E-state index in [9.17, 15) is 0 Å². The van der Waals surface area contributed by atoms with Gasteiger partial charge in [0.25, 0.3) is 0 Å². The van der Waals surface area contributed by atoms with Gasteiger partial charge in [-0.05, 0) is 30.7 Å². The number of H-pyrrole nitrogens is 1. The molecule has 5 rings (SSSR count). The first-order valence-electron chi connectivity index (χ1n) is 9.79. The Hall–Kier alpha value is -3.54. The van der Waals surface area contributed by atoms with E-state index in [0.29, 0.717) is 30.2 Å². The lowest BCUT2D eigenvalue weighted by molar-refractivity contribution is 0.238. The van der Waals surface area contributed by atoms with Crippen LogP contribution in [0.3, 0.4) is 0 Å². The van der Waals surface area contributed by atoms with Crippen LogP contribution in [0.15, 0.2) is 30.9 Å². The standard InChI is InChI=1S/C20H20N8O/c1-2-13-5-12(11-29-18-10-23-14(7-21)8-24-18)6-15(13)20-27-26-17-9-25-19-16(28(17)20)3-4-22-19/h3-4,8-10,12-13,15,22H,2,5-6,11H2,1H3/t12-,13+,15-/m0/s1. The lowest BCUT2D eigenvalue weighted by Gasteiger charge is -2.16. The molecule has 146 valence electrons. The van der Waals surface area contributed by atoms with Crippen LogP contribution >= 0.6 is 0 Å². The van der Waals surface area contributed by atoms with Crippen molar-refractivity contribution in [3.63, 3.8) is 0 Å². The number of nitriles is 1. The number of aromatic amines is 1. The minimum Gasteiger partial charge on any atom is -0.476 e. The van der Waals surface area contributed by atoms with Crippen LogP contribution in [0.4, 0.5) is 0 Å². The van der Waals surface area contributed by atoms with Crippen molar-refractivity contribution in [3.05, 3.63) is 42.4 Å². The molecule has 0 saturated heterocycles. The quantitative estimate of drug-likeness (QED) is 0.558. The van der Waals surface area contributed by atoms with Crippen molar-refractivity contribution >= 4 is 16.8 Å². The van der Waals surface area contributed by atoms with Crippen molar-refractivity contribution < 1.29 is 4.74 Å². The summed E-state index contributed by atoms with van der Waals surface area (Å²) in [5.41, 5.74) is 2.90. The molecule has 1 aliphatic carbocycles. The van der Waals surface area contributed by atoms with Gasteiger partial charge in [0, 0.05) is 12.1 Å². The molecule has 9 heteroatoms. The predicted molar refractivity (Wildman–Crippen MR) is 104 cm³/mol. The van der Waals surface area contributed by atoms with Crippen LogP contribution in [0, 0.1) is 23.2 Å². The number of hydrogen-bond donors (Lipinski definition) is 1. The highest BCUT2D eigenvalue weighted by Crippen LogP contribution is 2.44. The van der Waals surface area contributed by atoms with Gasteiger partial charge < -0.3 is 9.72 Å². The van der Waals surface area contributed by atoms with Crippen LogP contribution in [0.5, 0.6) is 5.88 Å². The van der Waals surface area contributed by atoms with E-state index in [1.165, 1.54) is 12.4 Å². The molecule has 1 fully saturated rings. The minimum absolute atomic E-state index is 0.286. The lowest BCUT2D eigenvalue weighted by atomic mass is 9.93. The molecule has 0 radical (unpaired) electrons. The van der Waals surface area contributed by atoms with Crippen molar-refractivity contribution in [2.24, 2.45) is 11.8 Å². The molecular weight excluding hydrogens is 368 g/mol. The van der Waals surface area contributed by atoms with Gasteiger partial charge in [0.15, 0.2) is 17.0 Å². The number of hydrogen-bond acceptors (Lipinski definition) is 7. The fourth-order valence-electron chi connectivity index (χ4n) is 4.43. The van der Waals surface area contributed by atoms with Gasteiger partial charge in [-0.3, -0.25) is 4.40 Å². The Bertz CT molecular complexity index is 1190. The molecule has 0 amide bonds. The highest BCUT2D eigenvalue weighted by Gasteiger charge is 2.37. The van der Waals surface area contributed by atoms with Crippen molar-refractivity contribution in [1.82, 2.24) is 34.5 Å². The summed E-state index contributed by atoms with van der Waals surface area (Å²) in [5.74, 6) is 2.69. The van der Waals surface area contributed by atoms with E-state index in [4.69, 9.17) is 10.00 Å². The number of nitrogens with one attached hydrogen (secondary N) is 1. The van der Waals surface area contributed by atoms with E-state index in [1.807, 2.05) is 18.3 Å². The molecule has 0 aliphatic heterocycles. The van der Waals surface area contributed by atoms with E-state index in [2.05, 4.69) is 41.5 Å². The Morgan fingerprint density at radius 1 is 1.21 bits per heavy atom. The number of fused-ring (bicyclic) bond motifs is 3.